The van der Waals surface area contributed by atoms with Crippen molar-refractivity contribution in [1.29, 1.82) is 0 Å². The van der Waals surface area contributed by atoms with Gasteiger partial charge < -0.3 is 4.74 Å². The van der Waals surface area contributed by atoms with Crippen LogP contribution in [0.1, 0.15) is 24.6 Å². The fourth-order valence-corrected chi connectivity index (χ4v) is 2.08. The van der Waals surface area contributed by atoms with E-state index in [4.69, 9.17) is 16.3 Å². The molecule has 1 saturated carbocycles. The van der Waals surface area contributed by atoms with Gasteiger partial charge in [0.05, 0.1) is 12.8 Å². The molecule has 3 rings (SSSR count). The zero-order valence-corrected chi connectivity index (χ0v) is 10.8. The number of hydrogen-bond donors (Lipinski definition) is 0. The molecule has 1 aromatic carbocycles. The van der Waals surface area contributed by atoms with Crippen molar-refractivity contribution in [2.75, 3.05) is 7.11 Å². The van der Waals surface area contributed by atoms with Crippen LogP contribution in [-0.2, 0) is 0 Å². The lowest BCUT2D eigenvalue weighted by atomic mass is 10.1. The van der Waals surface area contributed by atoms with Gasteiger partial charge in [0, 0.05) is 17.5 Å². The Hall–Kier alpha value is -1.61. The van der Waals surface area contributed by atoms with E-state index in [1.807, 2.05) is 24.3 Å². The molecule has 0 atom stereocenters. The van der Waals surface area contributed by atoms with Gasteiger partial charge in [0.2, 0.25) is 0 Å². The fraction of sp³-hybridized carbons (Fsp3) is 0.286. The highest BCUT2D eigenvalue weighted by Crippen LogP contribution is 2.39. The third-order valence-corrected chi connectivity index (χ3v) is 3.21. The maximum absolute atomic E-state index is 6.06. The number of rotatable bonds is 3. The highest BCUT2D eigenvalue weighted by molar-refractivity contribution is 6.29. The van der Waals surface area contributed by atoms with Crippen molar-refractivity contribution < 1.29 is 4.74 Å². The van der Waals surface area contributed by atoms with Gasteiger partial charge >= 0.3 is 0 Å². The van der Waals surface area contributed by atoms with Gasteiger partial charge in [0.15, 0.2) is 0 Å². The molecule has 1 fully saturated rings. The Morgan fingerprint density at radius 3 is 2.78 bits per heavy atom. The lowest BCUT2D eigenvalue weighted by Gasteiger charge is -2.06. The van der Waals surface area contributed by atoms with Gasteiger partial charge in [-0.05, 0) is 25.0 Å². The van der Waals surface area contributed by atoms with Gasteiger partial charge in [-0.3, -0.25) is 0 Å². The van der Waals surface area contributed by atoms with Crippen molar-refractivity contribution in [2.45, 2.75) is 18.8 Å². The van der Waals surface area contributed by atoms with Crippen LogP contribution in [0.3, 0.4) is 0 Å². The molecule has 3 nitrogen and oxygen atoms in total. The van der Waals surface area contributed by atoms with Crippen LogP contribution in [0, 0.1) is 0 Å². The highest BCUT2D eigenvalue weighted by atomic mass is 35.5. The minimum Gasteiger partial charge on any atom is -0.497 e. The van der Waals surface area contributed by atoms with Crippen LogP contribution in [0.4, 0.5) is 0 Å². The number of aromatic nitrogens is 2. The summed E-state index contributed by atoms with van der Waals surface area (Å²) in [5.74, 6) is 2.17. The molecule has 0 N–H and O–H groups in total. The van der Waals surface area contributed by atoms with Crippen molar-refractivity contribution in [3.63, 3.8) is 0 Å². The number of nitrogens with zero attached hydrogens (tertiary/aromatic N) is 2. The van der Waals surface area contributed by atoms with Crippen LogP contribution in [-0.4, -0.2) is 17.1 Å². The van der Waals surface area contributed by atoms with E-state index in [-0.39, 0.29) is 0 Å². The quantitative estimate of drug-likeness (QED) is 0.790. The highest BCUT2D eigenvalue weighted by Gasteiger charge is 2.27. The van der Waals surface area contributed by atoms with E-state index < -0.39 is 0 Å². The third kappa shape index (κ3) is 2.31. The molecular formula is C14H13ClN2O. The average Bonchev–Trinajstić information content (AvgIpc) is 3.22. The van der Waals surface area contributed by atoms with Crippen LogP contribution < -0.4 is 4.74 Å². The predicted octanol–water partition coefficient (Wildman–Crippen LogP) is 3.68. The number of methoxy groups -OCH3 is 1. The Morgan fingerprint density at radius 2 is 2.06 bits per heavy atom. The van der Waals surface area contributed by atoms with Crippen LogP contribution in [0.25, 0.3) is 11.3 Å². The predicted molar refractivity (Wildman–Crippen MR) is 71.0 cm³/mol. The van der Waals surface area contributed by atoms with E-state index in [0.717, 1.165) is 35.7 Å². The molecule has 1 heterocycles. The van der Waals surface area contributed by atoms with Gasteiger partial charge in [0.25, 0.3) is 0 Å². The smallest absolute Gasteiger partial charge is 0.133 e. The van der Waals surface area contributed by atoms with E-state index in [1.165, 1.54) is 0 Å². The van der Waals surface area contributed by atoms with E-state index in [2.05, 4.69) is 9.97 Å². The first-order valence-electron chi connectivity index (χ1n) is 5.95. The normalized spacial score (nSPS) is 14.6. The minimum atomic E-state index is 0.494. The van der Waals surface area contributed by atoms with Crippen LogP contribution in [0.2, 0.25) is 5.15 Å². The van der Waals surface area contributed by atoms with Crippen molar-refractivity contribution in [1.82, 2.24) is 9.97 Å². The molecule has 0 saturated heterocycles. The summed E-state index contributed by atoms with van der Waals surface area (Å²) in [5.41, 5.74) is 1.86. The van der Waals surface area contributed by atoms with Crippen molar-refractivity contribution in [3.8, 4) is 17.0 Å². The van der Waals surface area contributed by atoms with Crippen LogP contribution >= 0.6 is 11.6 Å². The molecule has 0 bridgehead atoms. The summed E-state index contributed by atoms with van der Waals surface area (Å²) < 4.78 is 5.22. The zero-order valence-electron chi connectivity index (χ0n) is 10.1. The Balaban J connectivity index is 2.04. The molecule has 92 valence electrons. The minimum absolute atomic E-state index is 0.494. The van der Waals surface area contributed by atoms with Crippen LogP contribution in [0.5, 0.6) is 5.75 Å². The fourth-order valence-electron chi connectivity index (χ4n) is 1.89. The van der Waals surface area contributed by atoms with Gasteiger partial charge in [-0.25, -0.2) is 9.97 Å². The topological polar surface area (TPSA) is 35.0 Å². The second-order valence-electron chi connectivity index (χ2n) is 4.44. The number of hydrogen-bond acceptors (Lipinski definition) is 3. The van der Waals surface area contributed by atoms with E-state index in [9.17, 15) is 0 Å². The Labute approximate surface area is 111 Å². The second kappa shape index (κ2) is 4.58. The van der Waals surface area contributed by atoms with Gasteiger partial charge in [-0.15, -0.1) is 0 Å². The molecule has 0 aliphatic heterocycles. The van der Waals surface area contributed by atoms with E-state index in [1.54, 1.807) is 13.2 Å². The molecule has 0 unspecified atom stereocenters. The monoisotopic (exact) mass is 260 g/mol. The summed E-state index contributed by atoms with van der Waals surface area (Å²) in [6, 6.07) is 9.60. The van der Waals surface area contributed by atoms with Gasteiger partial charge in [-0.2, -0.15) is 0 Å². The summed E-state index contributed by atoms with van der Waals surface area (Å²) >= 11 is 6.06. The molecule has 0 amide bonds. The number of benzene rings is 1. The van der Waals surface area contributed by atoms with Crippen molar-refractivity contribution >= 4 is 11.6 Å². The Bertz CT molecular complexity index is 582. The van der Waals surface area contributed by atoms with Gasteiger partial charge in [-0.1, -0.05) is 23.7 Å². The van der Waals surface area contributed by atoms with Crippen LogP contribution in [0.15, 0.2) is 30.3 Å². The molecule has 0 spiro atoms. The summed E-state index contributed by atoms with van der Waals surface area (Å²) in [5, 5.41) is 0.504. The maximum Gasteiger partial charge on any atom is 0.133 e. The summed E-state index contributed by atoms with van der Waals surface area (Å²) in [7, 11) is 1.65. The van der Waals surface area contributed by atoms with E-state index in [0.29, 0.717) is 11.1 Å². The molecule has 4 heteroatoms. The molecule has 1 aromatic heterocycles. The first-order chi connectivity index (χ1) is 8.76. The zero-order chi connectivity index (χ0) is 12.5. The summed E-state index contributed by atoms with van der Waals surface area (Å²) in [6.07, 6.45) is 2.33. The molecule has 18 heavy (non-hydrogen) atoms. The standard InChI is InChI=1S/C14H13ClN2O/c1-18-11-4-2-3-10(7-11)12-8-13(15)17-14(16-12)9-5-6-9/h2-4,7-9H,5-6H2,1H3. The van der Waals surface area contributed by atoms with Crippen molar-refractivity contribution in [3.05, 3.63) is 41.3 Å². The molecular weight excluding hydrogens is 248 g/mol. The van der Waals surface area contributed by atoms with E-state index >= 15 is 0 Å². The lowest BCUT2D eigenvalue weighted by molar-refractivity contribution is 0.415. The first kappa shape index (κ1) is 11.5. The summed E-state index contributed by atoms with van der Waals surface area (Å²) in [4.78, 5) is 8.88. The SMILES string of the molecule is COc1cccc(-c2cc(Cl)nc(C3CC3)n2)c1. The molecule has 1 aliphatic carbocycles. The number of ether oxygens (including phenoxy) is 1. The summed E-state index contributed by atoms with van der Waals surface area (Å²) in [6.45, 7) is 0. The molecule has 0 radical (unpaired) electrons. The largest absolute Gasteiger partial charge is 0.497 e. The number of halogens is 1. The lowest BCUT2D eigenvalue weighted by Crippen LogP contribution is -1.95. The average molecular weight is 261 g/mol. The molecule has 2 aromatic rings. The first-order valence-corrected chi connectivity index (χ1v) is 6.33. The van der Waals surface area contributed by atoms with Gasteiger partial charge in [0.1, 0.15) is 16.7 Å². The second-order valence-corrected chi connectivity index (χ2v) is 4.83. The maximum atomic E-state index is 6.06. The Kier molecular flexibility index (Phi) is 2.92. The van der Waals surface area contributed by atoms with Crippen molar-refractivity contribution in [2.24, 2.45) is 0 Å². The Morgan fingerprint density at radius 1 is 1.22 bits per heavy atom. The molecule has 1 aliphatic rings. The third-order valence-electron chi connectivity index (χ3n) is 3.02.